The summed E-state index contributed by atoms with van der Waals surface area (Å²) in [6.45, 7) is 0.267. The van der Waals surface area contributed by atoms with Crippen LogP contribution < -0.4 is 10.6 Å². The van der Waals surface area contributed by atoms with Crippen molar-refractivity contribution in [2.75, 3.05) is 5.32 Å². The number of hydrogen-bond donors (Lipinski definition) is 3. The number of benzene rings is 1. The zero-order valence-corrected chi connectivity index (χ0v) is 10.2. The van der Waals surface area contributed by atoms with Crippen LogP contribution in [-0.2, 0) is 12.7 Å². The molecule has 0 radical (unpaired) electrons. The van der Waals surface area contributed by atoms with Crippen LogP contribution in [-0.4, -0.2) is 16.2 Å². The monoisotopic (exact) mass is 284 g/mol. The molecule has 106 valence electrons. The van der Waals surface area contributed by atoms with Crippen LogP contribution in [0.25, 0.3) is 0 Å². The quantitative estimate of drug-likeness (QED) is 0.811. The molecule has 1 aromatic carbocycles. The van der Waals surface area contributed by atoms with Crippen molar-refractivity contribution in [3.63, 3.8) is 0 Å². The molecule has 2 aromatic rings. The Bertz CT molecular complexity index is 563. The molecule has 0 aliphatic carbocycles. The first kappa shape index (κ1) is 13.9. The first-order valence-electron chi connectivity index (χ1n) is 5.65. The summed E-state index contributed by atoms with van der Waals surface area (Å²) in [5.41, 5.74) is 0.303. The third-order valence-corrected chi connectivity index (χ3v) is 2.48. The summed E-state index contributed by atoms with van der Waals surface area (Å²) in [5.74, 6) is 0. The highest BCUT2D eigenvalue weighted by Gasteiger charge is 2.29. The average molecular weight is 284 g/mol. The normalized spacial score (nSPS) is 11.2. The van der Waals surface area contributed by atoms with Crippen LogP contribution in [0.2, 0.25) is 0 Å². The molecule has 0 atom stereocenters. The molecule has 0 fully saturated rings. The molecule has 0 aliphatic rings. The molecular weight excluding hydrogens is 273 g/mol. The maximum Gasteiger partial charge on any atom is 0.416 e. The third kappa shape index (κ3) is 3.74. The van der Waals surface area contributed by atoms with Crippen molar-refractivity contribution in [2.24, 2.45) is 0 Å². The molecule has 0 spiro atoms. The zero-order chi connectivity index (χ0) is 14.6. The van der Waals surface area contributed by atoms with E-state index in [-0.39, 0.29) is 12.2 Å². The van der Waals surface area contributed by atoms with Crippen molar-refractivity contribution in [2.45, 2.75) is 12.7 Å². The summed E-state index contributed by atoms with van der Waals surface area (Å²) >= 11 is 0. The van der Waals surface area contributed by atoms with E-state index in [0.29, 0.717) is 0 Å². The van der Waals surface area contributed by atoms with E-state index in [9.17, 15) is 18.0 Å². The van der Waals surface area contributed by atoms with Crippen molar-refractivity contribution < 1.29 is 18.0 Å². The number of aromatic amines is 1. The van der Waals surface area contributed by atoms with Crippen LogP contribution in [0, 0.1) is 0 Å². The van der Waals surface area contributed by atoms with Crippen LogP contribution in [0.5, 0.6) is 0 Å². The minimum atomic E-state index is -4.39. The van der Waals surface area contributed by atoms with Crippen molar-refractivity contribution in [3.8, 4) is 0 Å². The Morgan fingerprint density at radius 1 is 1.25 bits per heavy atom. The first-order valence-corrected chi connectivity index (χ1v) is 5.65. The van der Waals surface area contributed by atoms with Crippen LogP contribution in [0.3, 0.4) is 0 Å². The summed E-state index contributed by atoms with van der Waals surface area (Å²) in [6, 6.07) is 3.70. The van der Waals surface area contributed by atoms with Gasteiger partial charge in [0.1, 0.15) is 0 Å². The molecule has 0 aliphatic heterocycles. The summed E-state index contributed by atoms with van der Waals surface area (Å²) in [4.78, 5) is 11.5. The van der Waals surface area contributed by atoms with Gasteiger partial charge in [-0.25, -0.2) is 4.79 Å². The van der Waals surface area contributed by atoms with Gasteiger partial charge in [-0.1, -0.05) is 0 Å². The third-order valence-electron chi connectivity index (χ3n) is 2.48. The van der Waals surface area contributed by atoms with Crippen molar-refractivity contribution in [3.05, 3.63) is 47.8 Å². The average Bonchev–Trinajstić information content (AvgIpc) is 2.89. The van der Waals surface area contributed by atoms with E-state index in [2.05, 4.69) is 20.8 Å². The lowest BCUT2D eigenvalue weighted by Gasteiger charge is -2.09. The number of aromatic nitrogens is 2. The predicted octanol–water partition coefficient (Wildman–Crippen LogP) is 2.75. The highest BCUT2D eigenvalue weighted by Crippen LogP contribution is 2.29. The van der Waals surface area contributed by atoms with Crippen molar-refractivity contribution in [1.29, 1.82) is 0 Å². The molecule has 20 heavy (non-hydrogen) atoms. The van der Waals surface area contributed by atoms with Gasteiger partial charge in [0.2, 0.25) is 0 Å². The van der Waals surface area contributed by atoms with Crippen LogP contribution in [0.4, 0.5) is 23.7 Å². The predicted molar refractivity (Wildman–Crippen MR) is 65.9 cm³/mol. The molecule has 2 rings (SSSR count). The highest BCUT2D eigenvalue weighted by atomic mass is 19.4. The molecule has 0 bridgehead atoms. The first-order chi connectivity index (χ1) is 9.45. The lowest BCUT2D eigenvalue weighted by Crippen LogP contribution is -2.28. The summed E-state index contributed by atoms with van der Waals surface area (Å²) in [7, 11) is 0. The zero-order valence-electron chi connectivity index (χ0n) is 10.2. The second-order valence-electron chi connectivity index (χ2n) is 3.99. The molecule has 5 nitrogen and oxygen atoms in total. The van der Waals surface area contributed by atoms with Gasteiger partial charge in [0.25, 0.3) is 0 Å². The van der Waals surface area contributed by atoms with E-state index in [0.717, 1.165) is 17.7 Å². The number of rotatable bonds is 3. The van der Waals surface area contributed by atoms with E-state index >= 15 is 0 Å². The molecule has 1 aromatic heterocycles. The minimum absolute atomic E-state index is 0.267. The van der Waals surface area contributed by atoms with Crippen LogP contribution >= 0.6 is 0 Å². The Kier molecular flexibility index (Phi) is 3.92. The topological polar surface area (TPSA) is 69.8 Å². The van der Waals surface area contributed by atoms with E-state index in [1.807, 2.05) is 0 Å². The van der Waals surface area contributed by atoms with Crippen molar-refractivity contribution in [1.82, 2.24) is 15.5 Å². The lowest BCUT2D eigenvalue weighted by molar-refractivity contribution is -0.137. The number of H-pyrrole nitrogens is 1. The Morgan fingerprint density at radius 2 is 1.95 bits per heavy atom. The van der Waals surface area contributed by atoms with Crippen molar-refractivity contribution >= 4 is 11.7 Å². The van der Waals surface area contributed by atoms with E-state index in [1.54, 1.807) is 12.4 Å². The van der Waals surface area contributed by atoms with Gasteiger partial charge in [0.15, 0.2) is 0 Å². The van der Waals surface area contributed by atoms with E-state index < -0.39 is 17.8 Å². The minimum Gasteiger partial charge on any atom is -0.334 e. The molecule has 1 heterocycles. The second-order valence-corrected chi connectivity index (χ2v) is 3.99. The second kappa shape index (κ2) is 5.64. The summed E-state index contributed by atoms with van der Waals surface area (Å²) in [5, 5.41) is 11.3. The molecule has 8 heteroatoms. The largest absolute Gasteiger partial charge is 0.416 e. The molecular formula is C12H11F3N4O. The maximum atomic E-state index is 12.4. The fourth-order valence-corrected chi connectivity index (χ4v) is 1.47. The van der Waals surface area contributed by atoms with Gasteiger partial charge >= 0.3 is 12.2 Å². The Morgan fingerprint density at radius 3 is 2.50 bits per heavy atom. The van der Waals surface area contributed by atoms with Gasteiger partial charge in [-0.05, 0) is 24.3 Å². The Balaban J connectivity index is 1.88. The SMILES string of the molecule is O=C(NCc1cn[nH]c1)Nc1ccc(C(F)(F)F)cc1. The lowest BCUT2D eigenvalue weighted by atomic mass is 10.2. The number of anilines is 1. The highest BCUT2D eigenvalue weighted by molar-refractivity contribution is 5.89. The summed E-state index contributed by atoms with van der Waals surface area (Å²) < 4.78 is 37.1. The number of nitrogens with one attached hydrogen (secondary N) is 3. The fourth-order valence-electron chi connectivity index (χ4n) is 1.47. The maximum absolute atomic E-state index is 12.4. The number of hydrogen-bond acceptors (Lipinski definition) is 2. The Hall–Kier alpha value is -2.51. The molecule has 0 saturated heterocycles. The molecule has 2 amide bonds. The van der Waals surface area contributed by atoms with Crippen LogP contribution in [0.1, 0.15) is 11.1 Å². The molecule has 3 N–H and O–H groups in total. The number of halogens is 3. The molecule has 0 unspecified atom stereocenters. The van der Waals surface area contributed by atoms with Gasteiger partial charge in [-0.15, -0.1) is 0 Å². The number of carbonyl (C=O) groups is 1. The number of urea groups is 1. The smallest absolute Gasteiger partial charge is 0.334 e. The standard InChI is InChI=1S/C12H11F3N4O/c13-12(14,15)9-1-3-10(4-2-9)19-11(20)16-5-8-6-17-18-7-8/h1-4,6-7H,5H2,(H,17,18)(H2,16,19,20). The van der Waals surface area contributed by atoms with Gasteiger partial charge < -0.3 is 10.6 Å². The Labute approximate surface area is 112 Å². The molecule has 0 saturated carbocycles. The van der Waals surface area contributed by atoms with Gasteiger partial charge in [0, 0.05) is 24.0 Å². The number of carbonyl (C=O) groups excluding carboxylic acids is 1. The fraction of sp³-hybridized carbons (Fsp3) is 0.167. The van der Waals surface area contributed by atoms with E-state index in [1.165, 1.54) is 12.1 Å². The summed E-state index contributed by atoms with van der Waals surface area (Å²) in [6.07, 6.45) is -1.21. The number of alkyl halides is 3. The van der Waals surface area contributed by atoms with Gasteiger partial charge in [-0.2, -0.15) is 18.3 Å². The number of nitrogens with zero attached hydrogens (tertiary/aromatic N) is 1. The van der Waals surface area contributed by atoms with Gasteiger partial charge in [-0.3, -0.25) is 5.10 Å². The van der Waals surface area contributed by atoms with Gasteiger partial charge in [0.05, 0.1) is 11.8 Å². The van der Waals surface area contributed by atoms with Crippen LogP contribution in [0.15, 0.2) is 36.7 Å². The number of amides is 2. The van der Waals surface area contributed by atoms with E-state index in [4.69, 9.17) is 0 Å².